The van der Waals surface area contributed by atoms with E-state index in [1.54, 1.807) is 25.7 Å². The van der Waals surface area contributed by atoms with E-state index >= 15 is 0 Å². The Labute approximate surface area is 217 Å². The molecule has 202 valence electrons. The molecule has 0 aromatic heterocycles. The topological polar surface area (TPSA) is 87.7 Å². The van der Waals surface area contributed by atoms with Crippen LogP contribution in [-0.4, -0.2) is 47.0 Å². The lowest BCUT2D eigenvalue weighted by Crippen LogP contribution is -2.56. The molecule has 36 heavy (non-hydrogen) atoms. The Morgan fingerprint density at radius 2 is 1.83 bits per heavy atom. The zero-order chi connectivity index (χ0) is 27.0. The fourth-order valence-corrected chi connectivity index (χ4v) is 4.41. The maximum atomic E-state index is 14.2. The van der Waals surface area contributed by atoms with Crippen molar-refractivity contribution in [3.8, 4) is 0 Å². The van der Waals surface area contributed by atoms with Crippen LogP contribution < -0.4 is 10.6 Å². The van der Waals surface area contributed by atoms with Gasteiger partial charge in [-0.25, -0.2) is 4.79 Å². The van der Waals surface area contributed by atoms with Gasteiger partial charge in [0.2, 0.25) is 11.8 Å². The molecule has 5 atom stereocenters. The highest BCUT2D eigenvalue weighted by Gasteiger charge is 2.48. The van der Waals surface area contributed by atoms with Crippen LogP contribution in [0.5, 0.6) is 0 Å². The Balaban J connectivity index is 2.45. The number of unbranched alkanes of at least 4 members (excludes halogenated alkanes) is 2. The van der Waals surface area contributed by atoms with E-state index in [0.717, 1.165) is 36.8 Å². The predicted octanol–water partition coefficient (Wildman–Crippen LogP) is 5.52. The molecular formula is C29H47N3O4. The van der Waals surface area contributed by atoms with Crippen molar-refractivity contribution in [3.63, 3.8) is 0 Å². The average molecular weight is 502 g/mol. The summed E-state index contributed by atoms with van der Waals surface area (Å²) in [5.41, 5.74) is 1.13. The van der Waals surface area contributed by atoms with Crippen LogP contribution in [0.4, 0.5) is 4.79 Å². The monoisotopic (exact) mass is 501 g/mol. The maximum Gasteiger partial charge on any atom is 0.408 e. The van der Waals surface area contributed by atoms with E-state index in [1.165, 1.54) is 0 Å². The number of alkyl carbamates (subject to hydrolysis) is 1. The van der Waals surface area contributed by atoms with Gasteiger partial charge < -0.3 is 20.3 Å². The van der Waals surface area contributed by atoms with Crippen molar-refractivity contribution >= 4 is 17.9 Å². The fraction of sp³-hybridized carbons (Fsp3) is 0.690. The summed E-state index contributed by atoms with van der Waals surface area (Å²) in [5, 5.41) is 5.91. The summed E-state index contributed by atoms with van der Waals surface area (Å²) in [6.45, 7) is 16.1. The molecule has 7 nitrogen and oxygen atoms in total. The number of amides is 3. The molecule has 3 amide bonds. The van der Waals surface area contributed by atoms with Crippen molar-refractivity contribution < 1.29 is 19.1 Å². The minimum absolute atomic E-state index is 0.0589. The molecule has 1 fully saturated rings. The van der Waals surface area contributed by atoms with Gasteiger partial charge in [-0.3, -0.25) is 9.59 Å². The number of carbonyl (C=O) groups is 3. The third-order valence-electron chi connectivity index (χ3n) is 6.79. The standard InChI is InChI=1S/C29H47N3O4/c1-9-11-12-16-30-26(33)25(22-15-13-14-19(3)17-22)32(23-18-21(23)5)27(34)24(20(4)10-2)31-28(35)36-29(6,7)8/h13-15,17,20-21,23-25H,9-12,16,18H2,1-8H3,(H,30,33)(H,31,35). The molecule has 0 aliphatic heterocycles. The molecule has 1 aliphatic carbocycles. The van der Waals surface area contributed by atoms with E-state index in [1.807, 2.05) is 45.0 Å². The van der Waals surface area contributed by atoms with Gasteiger partial charge in [0.15, 0.2) is 0 Å². The van der Waals surface area contributed by atoms with E-state index in [2.05, 4.69) is 24.5 Å². The highest BCUT2D eigenvalue weighted by atomic mass is 16.6. The first kappa shape index (κ1) is 29.7. The molecule has 0 bridgehead atoms. The summed E-state index contributed by atoms with van der Waals surface area (Å²) in [5.74, 6) is -0.260. The van der Waals surface area contributed by atoms with Crippen molar-refractivity contribution in [3.05, 3.63) is 35.4 Å². The smallest absolute Gasteiger partial charge is 0.408 e. The van der Waals surface area contributed by atoms with Gasteiger partial charge in [0.25, 0.3) is 0 Å². The first-order chi connectivity index (χ1) is 16.9. The molecule has 0 radical (unpaired) electrons. The molecule has 7 heteroatoms. The molecule has 0 saturated heterocycles. The lowest BCUT2D eigenvalue weighted by Gasteiger charge is -2.36. The van der Waals surface area contributed by atoms with Gasteiger partial charge in [-0.1, -0.05) is 76.8 Å². The molecule has 2 N–H and O–H groups in total. The van der Waals surface area contributed by atoms with Crippen LogP contribution in [0, 0.1) is 18.8 Å². The van der Waals surface area contributed by atoms with Crippen molar-refractivity contribution in [2.45, 2.75) is 111 Å². The lowest BCUT2D eigenvalue weighted by atomic mass is 9.95. The van der Waals surface area contributed by atoms with Crippen LogP contribution in [-0.2, 0) is 14.3 Å². The molecule has 2 rings (SSSR count). The van der Waals surface area contributed by atoms with Gasteiger partial charge in [0.1, 0.15) is 17.7 Å². The summed E-state index contributed by atoms with van der Waals surface area (Å²) < 4.78 is 5.47. The molecule has 1 aromatic carbocycles. The zero-order valence-corrected chi connectivity index (χ0v) is 23.5. The summed E-state index contributed by atoms with van der Waals surface area (Å²) in [6, 6.07) is 6.18. The minimum Gasteiger partial charge on any atom is -0.444 e. The van der Waals surface area contributed by atoms with E-state index in [-0.39, 0.29) is 29.7 Å². The predicted molar refractivity (Wildman–Crippen MR) is 143 cm³/mol. The van der Waals surface area contributed by atoms with Crippen LogP contribution in [0.2, 0.25) is 0 Å². The molecule has 0 heterocycles. The van der Waals surface area contributed by atoms with Crippen molar-refractivity contribution in [1.82, 2.24) is 15.5 Å². The number of hydrogen-bond acceptors (Lipinski definition) is 4. The van der Waals surface area contributed by atoms with Crippen LogP contribution in [0.25, 0.3) is 0 Å². The Bertz CT molecular complexity index is 895. The summed E-state index contributed by atoms with van der Waals surface area (Å²) in [4.78, 5) is 42.3. The number of carbonyl (C=O) groups excluding carboxylic acids is 3. The second-order valence-electron chi connectivity index (χ2n) is 11.4. The number of hydrogen-bond donors (Lipinski definition) is 2. The van der Waals surface area contributed by atoms with Crippen molar-refractivity contribution in [2.75, 3.05) is 6.54 Å². The van der Waals surface area contributed by atoms with Gasteiger partial charge in [-0.15, -0.1) is 0 Å². The quantitative estimate of drug-likeness (QED) is 0.369. The molecule has 1 saturated carbocycles. The van der Waals surface area contributed by atoms with Gasteiger partial charge in [0, 0.05) is 12.6 Å². The molecule has 1 aromatic rings. The fourth-order valence-electron chi connectivity index (χ4n) is 4.41. The Morgan fingerprint density at radius 1 is 1.17 bits per heavy atom. The average Bonchev–Trinajstić information content (AvgIpc) is 3.52. The number of rotatable bonds is 12. The Hall–Kier alpha value is -2.57. The van der Waals surface area contributed by atoms with Gasteiger partial charge >= 0.3 is 6.09 Å². The van der Waals surface area contributed by atoms with Crippen molar-refractivity contribution in [2.24, 2.45) is 11.8 Å². The number of nitrogens with zero attached hydrogens (tertiary/aromatic N) is 1. The van der Waals surface area contributed by atoms with Crippen molar-refractivity contribution in [1.29, 1.82) is 0 Å². The Morgan fingerprint density at radius 3 is 2.36 bits per heavy atom. The SMILES string of the molecule is CCCCCNC(=O)C(c1cccc(C)c1)N(C(=O)C(NC(=O)OC(C)(C)C)C(C)CC)C1CC1C. The second-order valence-corrected chi connectivity index (χ2v) is 11.4. The lowest BCUT2D eigenvalue weighted by molar-refractivity contribution is -0.144. The second kappa shape index (κ2) is 13.1. The summed E-state index contributed by atoms with van der Waals surface area (Å²) in [7, 11) is 0. The van der Waals surface area contributed by atoms with Crippen LogP contribution >= 0.6 is 0 Å². The third kappa shape index (κ3) is 8.52. The van der Waals surface area contributed by atoms with E-state index in [0.29, 0.717) is 13.0 Å². The highest BCUT2D eigenvalue weighted by molar-refractivity contribution is 5.92. The first-order valence-electron chi connectivity index (χ1n) is 13.6. The van der Waals surface area contributed by atoms with Gasteiger partial charge in [-0.2, -0.15) is 0 Å². The van der Waals surface area contributed by atoms with Crippen LogP contribution in [0.1, 0.15) is 97.7 Å². The minimum atomic E-state index is -0.794. The Kier molecular flexibility index (Phi) is 10.8. The number of benzene rings is 1. The number of aryl methyl sites for hydroxylation is 1. The molecule has 0 spiro atoms. The number of nitrogens with one attached hydrogen (secondary N) is 2. The van der Waals surface area contributed by atoms with E-state index in [9.17, 15) is 14.4 Å². The van der Waals surface area contributed by atoms with Crippen LogP contribution in [0.3, 0.4) is 0 Å². The summed E-state index contributed by atoms with van der Waals surface area (Å²) in [6.07, 6.45) is 3.89. The number of ether oxygens (including phenoxy) is 1. The first-order valence-corrected chi connectivity index (χ1v) is 13.6. The molecular weight excluding hydrogens is 454 g/mol. The van der Waals surface area contributed by atoms with Crippen LogP contribution in [0.15, 0.2) is 24.3 Å². The highest BCUT2D eigenvalue weighted by Crippen LogP contribution is 2.41. The van der Waals surface area contributed by atoms with E-state index in [4.69, 9.17) is 4.74 Å². The molecule has 1 aliphatic rings. The molecule has 5 unspecified atom stereocenters. The van der Waals surface area contributed by atoms with E-state index < -0.39 is 23.8 Å². The van der Waals surface area contributed by atoms with Gasteiger partial charge in [0.05, 0.1) is 0 Å². The third-order valence-corrected chi connectivity index (χ3v) is 6.79. The maximum absolute atomic E-state index is 14.2. The van der Waals surface area contributed by atoms with Gasteiger partial charge in [-0.05, 0) is 57.9 Å². The summed E-state index contributed by atoms with van der Waals surface area (Å²) >= 11 is 0. The zero-order valence-electron chi connectivity index (χ0n) is 23.5. The largest absolute Gasteiger partial charge is 0.444 e. The normalized spacial score (nSPS) is 19.6.